The molecule has 7 nitrogen and oxygen atoms in total. The van der Waals surface area contributed by atoms with Crippen LogP contribution in [0.3, 0.4) is 0 Å². The van der Waals surface area contributed by atoms with Crippen molar-refractivity contribution in [2.24, 2.45) is 7.05 Å². The minimum Gasteiger partial charge on any atom is -0.494 e. The van der Waals surface area contributed by atoms with E-state index >= 15 is 0 Å². The Bertz CT molecular complexity index is 2220. The minimum atomic E-state index is -0.00696. The second-order valence-corrected chi connectivity index (χ2v) is 14.0. The number of benzene rings is 3. The Hall–Kier alpha value is -4.59. The Kier molecular flexibility index (Phi) is 10.1. The lowest BCUT2D eigenvalue weighted by Gasteiger charge is -2.27. The highest BCUT2D eigenvalue weighted by atomic mass is 35.5. The first kappa shape index (κ1) is 35.2. The number of aromatic nitrogens is 4. The van der Waals surface area contributed by atoms with Crippen LogP contribution < -0.4 is 9.64 Å². The second-order valence-electron chi connectivity index (χ2n) is 13.2. The molecule has 0 fully saturated rings. The van der Waals surface area contributed by atoms with Crippen LogP contribution in [0, 0.1) is 27.7 Å². The van der Waals surface area contributed by atoms with Crippen molar-refractivity contribution < 1.29 is 9.53 Å². The van der Waals surface area contributed by atoms with Gasteiger partial charge in [0.1, 0.15) is 18.4 Å². The van der Waals surface area contributed by atoms with Crippen LogP contribution in [0.5, 0.6) is 5.75 Å². The van der Waals surface area contributed by atoms with Crippen LogP contribution in [-0.2, 0) is 13.5 Å². The van der Waals surface area contributed by atoms with Crippen LogP contribution in [0.1, 0.15) is 63.5 Å². The maximum absolute atomic E-state index is 11.7. The predicted octanol–water partition coefficient (Wildman–Crippen LogP) is 10.3. The van der Waals surface area contributed by atoms with Gasteiger partial charge in [-0.05, 0) is 107 Å². The second kappa shape index (κ2) is 14.3. The standard InChI is InChI=1S/C41H43Cl2N5O2/c1-9-35-31(11-10-16-50-30-17-24(2)40(43)25(3)18-30)32-13-14-34(42)39(38-27(5)44-23-45-28(38)6)41(32)48(35)26(4)20-46(7)37-21-47(8)36-15-12-29(22-49)19-33(36)37/h9,12-15,17-19,21-23,26H,1,10-11,16,20H2,2-8H3/t26-/m1/s1. The van der Waals surface area contributed by atoms with E-state index in [1.165, 1.54) is 5.56 Å². The summed E-state index contributed by atoms with van der Waals surface area (Å²) in [6.45, 7) is 15.8. The van der Waals surface area contributed by atoms with Gasteiger partial charge in [0, 0.05) is 88.0 Å². The highest BCUT2D eigenvalue weighted by Crippen LogP contribution is 2.43. The number of aryl methyl sites for hydroxylation is 6. The largest absolute Gasteiger partial charge is 0.494 e. The molecule has 0 aliphatic carbocycles. The average Bonchev–Trinajstić information content (AvgIpc) is 3.59. The van der Waals surface area contributed by atoms with Crippen LogP contribution in [0.25, 0.3) is 39.0 Å². The molecule has 258 valence electrons. The van der Waals surface area contributed by atoms with E-state index in [0.29, 0.717) is 23.7 Å². The molecular weight excluding hydrogens is 665 g/mol. The van der Waals surface area contributed by atoms with E-state index in [1.807, 2.05) is 77.2 Å². The van der Waals surface area contributed by atoms with E-state index in [2.05, 4.69) is 56.8 Å². The minimum absolute atomic E-state index is 0.00696. The lowest BCUT2D eigenvalue weighted by Crippen LogP contribution is -2.26. The molecule has 0 N–H and O–H groups in total. The van der Waals surface area contributed by atoms with Gasteiger partial charge < -0.3 is 18.8 Å². The van der Waals surface area contributed by atoms with E-state index in [9.17, 15) is 4.79 Å². The molecule has 0 radical (unpaired) electrons. The number of halogens is 2. The number of aldehydes is 1. The van der Waals surface area contributed by atoms with E-state index in [4.69, 9.17) is 27.9 Å². The van der Waals surface area contributed by atoms with E-state index in [0.717, 1.165) is 96.7 Å². The molecule has 6 rings (SSSR count). The van der Waals surface area contributed by atoms with E-state index < -0.39 is 0 Å². The van der Waals surface area contributed by atoms with Crippen molar-refractivity contribution in [3.05, 3.63) is 111 Å². The monoisotopic (exact) mass is 707 g/mol. The summed E-state index contributed by atoms with van der Waals surface area (Å²) in [5, 5.41) is 3.58. The molecule has 50 heavy (non-hydrogen) atoms. The number of anilines is 1. The normalized spacial score (nSPS) is 12.1. The summed E-state index contributed by atoms with van der Waals surface area (Å²) in [5.74, 6) is 0.824. The Morgan fingerprint density at radius 2 is 1.68 bits per heavy atom. The lowest BCUT2D eigenvalue weighted by molar-refractivity contribution is 0.112. The summed E-state index contributed by atoms with van der Waals surface area (Å²) in [7, 11) is 4.13. The van der Waals surface area contributed by atoms with Gasteiger partial charge in [0.15, 0.2) is 0 Å². The first-order valence-electron chi connectivity index (χ1n) is 16.9. The van der Waals surface area contributed by atoms with Gasteiger partial charge in [-0.2, -0.15) is 0 Å². The maximum Gasteiger partial charge on any atom is 0.150 e. The number of carbonyl (C=O) groups excluding carboxylic acids is 1. The molecule has 1 atom stereocenters. The number of nitrogens with zero attached hydrogens (tertiary/aromatic N) is 5. The van der Waals surface area contributed by atoms with Crippen molar-refractivity contribution in [1.29, 1.82) is 0 Å². The SMILES string of the molecule is C=Cc1c(CCCOc2cc(C)c(Cl)c(C)c2)c2ccc(Cl)c(-c3c(C)ncnc3C)c2n1[C@H](C)CN(C)c1cn(C)c2ccc(C=O)cc12. The maximum atomic E-state index is 11.7. The fourth-order valence-electron chi connectivity index (χ4n) is 7.37. The Labute approximate surface area is 304 Å². The van der Waals surface area contributed by atoms with Gasteiger partial charge in [0.25, 0.3) is 0 Å². The first-order valence-corrected chi connectivity index (χ1v) is 17.6. The molecule has 9 heteroatoms. The van der Waals surface area contributed by atoms with Crippen LogP contribution in [0.4, 0.5) is 5.69 Å². The zero-order valence-corrected chi connectivity index (χ0v) is 31.3. The van der Waals surface area contributed by atoms with Crippen molar-refractivity contribution >= 4 is 63.1 Å². The number of likely N-dealkylation sites (N-methyl/N-ethyl adjacent to an activating group) is 1. The molecule has 3 aromatic heterocycles. The highest BCUT2D eigenvalue weighted by molar-refractivity contribution is 6.35. The summed E-state index contributed by atoms with van der Waals surface area (Å²) in [4.78, 5) is 23.1. The molecule has 6 aromatic rings. The van der Waals surface area contributed by atoms with Crippen molar-refractivity contribution in [2.45, 2.75) is 53.5 Å². The predicted molar refractivity (Wildman–Crippen MR) is 209 cm³/mol. The van der Waals surface area contributed by atoms with Crippen molar-refractivity contribution in [3.8, 4) is 16.9 Å². The zero-order chi connectivity index (χ0) is 35.9. The highest BCUT2D eigenvalue weighted by Gasteiger charge is 2.26. The van der Waals surface area contributed by atoms with Gasteiger partial charge in [0.05, 0.1) is 22.8 Å². The summed E-state index contributed by atoms with van der Waals surface area (Å²) < 4.78 is 10.7. The summed E-state index contributed by atoms with van der Waals surface area (Å²) >= 11 is 13.5. The third-order valence-electron chi connectivity index (χ3n) is 9.70. The smallest absolute Gasteiger partial charge is 0.150 e. The molecule has 0 aliphatic rings. The van der Waals surface area contributed by atoms with Crippen molar-refractivity contribution in [3.63, 3.8) is 0 Å². The van der Waals surface area contributed by atoms with Gasteiger partial charge in [0.2, 0.25) is 0 Å². The molecule has 3 aromatic carbocycles. The van der Waals surface area contributed by atoms with Crippen molar-refractivity contribution in [2.75, 3.05) is 25.1 Å². The Morgan fingerprint density at radius 1 is 0.980 bits per heavy atom. The molecule has 0 spiro atoms. The van der Waals surface area contributed by atoms with Crippen LogP contribution in [0.2, 0.25) is 10.0 Å². The summed E-state index contributed by atoms with van der Waals surface area (Å²) in [5.41, 5.74) is 11.7. The Morgan fingerprint density at radius 3 is 2.34 bits per heavy atom. The van der Waals surface area contributed by atoms with Crippen LogP contribution in [0.15, 0.2) is 61.6 Å². The number of hydrogen-bond acceptors (Lipinski definition) is 5. The molecule has 0 bridgehead atoms. The molecule has 0 unspecified atom stereocenters. The first-order chi connectivity index (χ1) is 23.9. The fourth-order valence-corrected chi connectivity index (χ4v) is 7.73. The fraction of sp³-hybridized carbons (Fsp3) is 0.293. The Balaban J connectivity index is 1.44. The summed E-state index contributed by atoms with van der Waals surface area (Å²) in [6, 6.07) is 13.9. The molecule has 3 heterocycles. The lowest BCUT2D eigenvalue weighted by atomic mass is 9.97. The van der Waals surface area contributed by atoms with Gasteiger partial charge >= 0.3 is 0 Å². The molecular formula is C41H43Cl2N5O2. The van der Waals surface area contributed by atoms with Crippen LogP contribution in [-0.4, -0.2) is 45.6 Å². The molecule has 0 saturated carbocycles. The van der Waals surface area contributed by atoms with E-state index in [1.54, 1.807) is 6.33 Å². The third kappa shape index (κ3) is 6.40. The van der Waals surface area contributed by atoms with E-state index in [-0.39, 0.29) is 6.04 Å². The molecule has 0 amide bonds. The van der Waals surface area contributed by atoms with Gasteiger partial charge in [-0.1, -0.05) is 35.8 Å². The van der Waals surface area contributed by atoms with Crippen LogP contribution >= 0.6 is 23.2 Å². The number of ether oxygens (including phenoxy) is 1. The van der Waals surface area contributed by atoms with Gasteiger partial charge in [-0.3, -0.25) is 4.79 Å². The topological polar surface area (TPSA) is 65.2 Å². The van der Waals surface area contributed by atoms with Gasteiger partial charge in [-0.15, -0.1) is 0 Å². The summed E-state index contributed by atoms with van der Waals surface area (Å²) in [6.07, 6.45) is 8.16. The molecule has 0 saturated heterocycles. The van der Waals surface area contributed by atoms with Crippen molar-refractivity contribution in [1.82, 2.24) is 19.1 Å². The number of hydrogen-bond donors (Lipinski definition) is 0. The average molecular weight is 709 g/mol. The number of carbonyl (C=O) groups is 1. The molecule has 0 aliphatic heterocycles. The zero-order valence-electron chi connectivity index (χ0n) is 29.8. The number of fused-ring (bicyclic) bond motifs is 2. The van der Waals surface area contributed by atoms with Gasteiger partial charge in [-0.25, -0.2) is 9.97 Å². The number of rotatable bonds is 12. The quantitative estimate of drug-likeness (QED) is 0.0936. The third-order valence-corrected chi connectivity index (χ3v) is 10.6.